The molecule has 0 aromatic rings. The summed E-state index contributed by atoms with van der Waals surface area (Å²) in [5.41, 5.74) is -0.881. The minimum atomic E-state index is -2.74. The van der Waals surface area contributed by atoms with Gasteiger partial charge in [-0.2, -0.15) is 0 Å². The molecule has 0 aromatic carbocycles. The summed E-state index contributed by atoms with van der Waals surface area (Å²) in [6.07, 6.45) is 3.87. The fraction of sp³-hybridized carbons (Fsp3) is 0.944. The average molecular weight is 304 g/mol. The van der Waals surface area contributed by atoms with Gasteiger partial charge in [-0.15, -0.1) is 0 Å². The topological polar surface area (TPSA) is 17.1 Å². The molecule has 0 heterocycles. The minimum Gasteiger partial charge on any atom is -0.299 e. The summed E-state index contributed by atoms with van der Waals surface area (Å²) in [6.45, 7) is 11.3. The fourth-order valence-electron chi connectivity index (χ4n) is 2.75. The number of Topliss-reactive ketones (excluding diaryl/α,β-unsaturated/α-hetero) is 1. The molecule has 0 bridgehead atoms. The quantitative estimate of drug-likeness (QED) is 0.412. The van der Waals surface area contributed by atoms with Gasteiger partial charge in [0.1, 0.15) is 5.78 Å². The van der Waals surface area contributed by atoms with Crippen LogP contribution in [0.3, 0.4) is 0 Å². The Morgan fingerprint density at radius 2 is 1.71 bits per heavy atom. The number of ketones is 1. The lowest BCUT2D eigenvalue weighted by atomic mass is 9.75. The molecule has 126 valence electrons. The van der Waals surface area contributed by atoms with Gasteiger partial charge >= 0.3 is 0 Å². The van der Waals surface area contributed by atoms with E-state index in [1.54, 1.807) is 6.92 Å². The zero-order valence-corrected chi connectivity index (χ0v) is 14.8. The second-order valence-corrected chi connectivity index (χ2v) is 7.51. The van der Waals surface area contributed by atoms with Gasteiger partial charge in [0, 0.05) is 18.3 Å². The number of hydrogen-bond donors (Lipinski definition) is 0. The van der Waals surface area contributed by atoms with Crippen LogP contribution in [0.1, 0.15) is 86.5 Å². The van der Waals surface area contributed by atoms with Crippen molar-refractivity contribution in [2.24, 2.45) is 17.3 Å². The van der Waals surface area contributed by atoms with Crippen LogP contribution in [0.4, 0.5) is 8.78 Å². The largest absolute Gasteiger partial charge is 0.299 e. The summed E-state index contributed by atoms with van der Waals surface area (Å²) >= 11 is 0. The van der Waals surface area contributed by atoms with E-state index in [2.05, 4.69) is 13.8 Å². The van der Waals surface area contributed by atoms with Gasteiger partial charge < -0.3 is 0 Å². The van der Waals surface area contributed by atoms with Crippen molar-refractivity contribution < 1.29 is 13.6 Å². The van der Waals surface area contributed by atoms with E-state index in [1.165, 1.54) is 6.92 Å². The van der Waals surface area contributed by atoms with Crippen molar-refractivity contribution in [1.29, 1.82) is 0 Å². The smallest absolute Gasteiger partial charge is 0.249 e. The van der Waals surface area contributed by atoms with Crippen molar-refractivity contribution >= 4 is 5.78 Å². The van der Waals surface area contributed by atoms with Crippen molar-refractivity contribution in [1.82, 2.24) is 0 Å². The molecule has 0 aliphatic rings. The van der Waals surface area contributed by atoms with Gasteiger partial charge in [-0.3, -0.25) is 4.79 Å². The van der Waals surface area contributed by atoms with Gasteiger partial charge in [-0.1, -0.05) is 60.3 Å². The second-order valence-electron chi connectivity index (χ2n) is 7.51. The van der Waals surface area contributed by atoms with E-state index >= 15 is 0 Å². The first-order valence-electron chi connectivity index (χ1n) is 8.41. The molecule has 0 saturated carbocycles. The number of carbonyl (C=O) groups excluding carboxylic acids is 1. The molecular weight excluding hydrogens is 270 g/mol. The molecule has 0 amide bonds. The van der Waals surface area contributed by atoms with E-state index in [1.807, 2.05) is 13.8 Å². The Balaban J connectivity index is 4.60. The summed E-state index contributed by atoms with van der Waals surface area (Å²) < 4.78 is 28.4. The first kappa shape index (κ1) is 20.5. The molecule has 2 unspecified atom stereocenters. The molecule has 0 aromatic heterocycles. The SMILES string of the molecule is CCC(C)CC(F)(F)CC(C)(CCCCC(C)C)C(C)=O. The van der Waals surface area contributed by atoms with Crippen LogP contribution in [0, 0.1) is 17.3 Å². The number of alkyl halides is 2. The third-order valence-corrected chi connectivity index (χ3v) is 4.60. The average Bonchev–Trinajstić information content (AvgIpc) is 2.32. The molecule has 2 atom stereocenters. The summed E-state index contributed by atoms with van der Waals surface area (Å²) in [7, 11) is 0. The predicted octanol–water partition coefficient (Wildman–Crippen LogP) is 6.26. The molecule has 0 rings (SSSR count). The zero-order valence-electron chi connectivity index (χ0n) is 14.8. The van der Waals surface area contributed by atoms with Crippen LogP contribution >= 0.6 is 0 Å². The van der Waals surface area contributed by atoms with Gasteiger partial charge in [-0.05, 0) is 25.2 Å². The van der Waals surface area contributed by atoms with E-state index in [9.17, 15) is 13.6 Å². The fourth-order valence-corrected chi connectivity index (χ4v) is 2.75. The van der Waals surface area contributed by atoms with E-state index < -0.39 is 11.3 Å². The zero-order chi connectivity index (χ0) is 16.7. The normalized spacial score (nSPS) is 16.8. The number of halogens is 2. The van der Waals surface area contributed by atoms with Crippen molar-refractivity contribution in [3.05, 3.63) is 0 Å². The molecule has 1 nitrogen and oxygen atoms in total. The number of unbranched alkanes of at least 4 members (excludes halogenated alkanes) is 1. The Morgan fingerprint density at radius 1 is 1.14 bits per heavy atom. The van der Waals surface area contributed by atoms with E-state index in [0.29, 0.717) is 12.3 Å². The number of rotatable bonds is 11. The Hall–Kier alpha value is -0.470. The van der Waals surface area contributed by atoms with Crippen molar-refractivity contribution in [2.45, 2.75) is 92.4 Å². The highest BCUT2D eigenvalue weighted by atomic mass is 19.3. The predicted molar refractivity (Wildman–Crippen MR) is 85.7 cm³/mol. The summed E-state index contributed by atoms with van der Waals surface area (Å²) in [5.74, 6) is -2.22. The highest BCUT2D eigenvalue weighted by Gasteiger charge is 2.42. The first-order valence-corrected chi connectivity index (χ1v) is 8.41. The van der Waals surface area contributed by atoms with E-state index in [0.717, 1.165) is 25.7 Å². The van der Waals surface area contributed by atoms with E-state index in [4.69, 9.17) is 0 Å². The van der Waals surface area contributed by atoms with Crippen LogP contribution in [0.2, 0.25) is 0 Å². The minimum absolute atomic E-state index is 0.00264. The molecule has 0 saturated heterocycles. The Morgan fingerprint density at radius 3 is 2.14 bits per heavy atom. The van der Waals surface area contributed by atoms with Crippen LogP contribution in [0.15, 0.2) is 0 Å². The van der Waals surface area contributed by atoms with Crippen LogP contribution in [-0.4, -0.2) is 11.7 Å². The van der Waals surface area contributed by atoms with Crippen LogP contribution < -0.4 is 0 Å². The molecule has 21 heavy (non-hydrogen) atoms. The Bertz CT molecular complexity index is 312. The van der Waals surface area contributed by atoms with Crippen LogP contribution in [0.25, 0.3) is 0 Å². The standard InChI is InChI=1S/C18H34F2O/c1-7-15(4)12-18(19,20)13-17(6,16(5)21)11-9-8-10-14(2)3/h14-15H,7-13H2,1-6H3. The molecule has 0 aliphatic heterocycles. The second kappa shape index (κ2) is 8.85. The lowest BCUT2D eigenvalue weighted by molar-refractivity contribution is -0.134. The van der Waals surface area contributed by atoms with Gasteiger partial charge in [0.25, 0.3) is 0 Å². The lowest BCUT2D eigenvalue weighted by Crippen LogP contribution is -2.35. The van der Waals surface area contributed by atoms with E-state index in [-0.39, 0.29) is 24.5 Å². The van der Waals surface area contributed by atoms with Gasteiger partial charge in [-0.25, -0.2) is 8.78 Å². The maximum absolute atomic E-state index is 14.2. The monoisotopic (exact) mass is 304 g/mol. The highest BCUT2D eigenvalue weighted by Crippen LogP contribution is 2.40. The number of carbonyl (C=O) groups is 1. The Kier molecular flexibility index (Phi) is 8.65. The summed E-state index contributed by atoms with van der Waals surface area (Å²) in [6, 6.07) is 0. The van der Waals surface area contributed by atoms with Crippen molar-refractivity contribution in [2.75, 3.05) is 0 Å². The van der Waals surface area contributed by atoms with Gasteiger partial charge in [0.15, 0.2) is 0 Å². The summed E-state index contributed by atoms with van der Waals surface area (Å²) in [4.78, 5) is 11.9. The molecular formula is C18H34F2O. The maximum Gasteiger partial charge on any atom is 0.249 e. The van der Waals surface area contributed by atoms with Gasteiger partial charge in [0.05, 0.1) is 0 Å². The highest BCUT2D eigenvalue weighted by molar-refractivity contribution is 5.81. The molecule has 0 N–H and O–H groups in total. The molecule has 0 radical (unpaired) electrons. The van der Waals surface area contributed by atoms with Crippen molar-refractivity contribution in [3.63, 3.8) is 0 Å². The molecule has 0 spiro atoms. The summed E-state index contributed by atoms with van der Waals surface area (Å²) in [5, 5.41) is 0. The molecule has 0 fully saturated rings. The lowest BCUT2D eigenvalue weighted by Gasteiger charge is -2.32. The van der Waals surface area contributed by atoms with Crippen LogP contribution in [0.5, 0.6) is 0 Å². The number of hydrogen-bond acceptors (Lipinski definition) is 1. The van der Waals surface area contributed by atoms with Gasteiger partial charge in [0.2, 0.25) is 5.92 Å². The third-order valence-electron chi connectivity index (χ3n) is 4.60. The third kappa shape index (κ3) is 8.53. The molecule has 3 heteroatoms. The molecule has 0 aliphatic carbocycles. The Labute approximate surface area is 129 Å². The maximum atomic E-state index is 14.2. The van der Waals surface area contributed by atoms with Crippen molar-refractivity contribution in [3.8, 4) is 0 Å². The first-order chi connectivity index (χ1) is 9.52. The van der Waals surface area contributed by atoms with Crippen LogP contribution in [-0.2, 0) is 4.79 Å².